The van der Waals surface area contributed by atoms with E-state index in [2.05, 4.69) is 32.7 Å². The maximum Gasteiger partial charge on any atom is 0.282 e. The Bertz CT molecular complexity index is 1530. The molecule has 0 bridgehead atoms. The van der Waals surface area contributed by atoms with Crippen LogP contribution in [0.1, 0.15) is 41.3 Å². The average molecular weight is 654 g/mol. The van der Waals surface area contributed by atoms with E-state index in [0.29, 0.717) is 33.5 Å². The lowest BCUT2D eigenvalue weighted by atomic mass is 9.97. The Hall–Kier alpha value is -2.14. The number of benzene rings is 2. The number of hydrogen-bond acceptors (Lipinski definition) is 6. The van der Waals surface area contributed by atoms with Gasteiger partial charge in [0, 0.05) is 20.5 Å². The number of fused-ring (bicyclic) bond motifs is 3. The number of hydrogen-bond donors (Lipinski definition) is 0. The fourth-order valence-electron chi connectivity index (χ4n) is 4.20. The van der Waals surface area contributed by atoms with Crippen molar-refractivity contribution in [1.82, 2.24) is 9.66 Å². The van der Waals surface area contributed by atoms with Gasteiger partial charge in [-0.05, 0) is 90.6 Å². The van der Waals surface area contributed by atoms with Gasteiger partial charge in [0.1, 0.15) is 17.8 Å². The van der Waals surface area contributed by atoms with Crippen molar-refractivity contribution in [2.24, 2.45) is 5.10 Å². The molecular formula is C26H22Cl2IN3O3S. The third kappa shape index (κ3) is 5.27. The molecular weight excluding hydrogens is 632 g/mol. The lowest BCUT2D eigenvalue weighted by Gasteiger charge is -2.15. The molecule has 0 N–H and O–H groups in total. The van der Waals surface area contributed by atoms with Crippen LogP contribution in [0.15, 0.2) is 46.6 Å². The second kappa shape index (κ2) is 11.1. The zero-order valence-electron chi connectivity index (χ0n) is 19.4. The van der Waals surface area contributed by atoms with Crippen molar-refractivity contribution in [3.63, 3.8) is 0 Å². The Morgan fingerprint density at radius 2 is 2.03 bits per heavy atom. The van der Waals surface area contributed by atoms with Crippen LogP contribution in [0.25, 0.3) is 10.2 Å². The van der Waals surface area contributed by atoms with E-state index in [0.717, 1.165) is 44.4 Å². The Balaban J connectivity index is 1.43. The predicted octanol–water partition coefficient (Wildman–Crippen LogP) is 7.11. The van der Waals surface area contributed by atoms with E-state index in [4.69, 9.17) is 32.7 Å². The smallest absolute Gasteiger partial charge is 0.282 e. The molecule has 2 aromatic heterocycles. The van der Waals surface area contributed by atoms with E-state index in [1.807, 2.05) is 25.1 Å². The van der Waals surface area contributed by atoms with Crippen LogP contribution < -0.4 is 15.0 Å². The number of nitrogens with zero attached hydrogens (tertiary/aromatic N) is 3. The van der Waals surface area contributed by atoms with Gasteiger partial charge in [-0.15, -0.1) is 11.3 Å². The maximum absolute atomic E-state index is 13.2. The summed E-state index contributed by atoms with van der Waals surface area (Å²) in [5.41, 5.74) is 2.62. The minimum absolute atomic E-state index is 0.129. The Kier molecular flexibility index (Phi) is 7.85. The second-order valence-corrected chi connectivity index (χ2v) is 11.4. The summed E-state index contributed by atoms with van der Waals surface area (Å²) in [5.74, 6) is 1.20. The van der Waals surface area contributed by atoms with Gasteiger partial charge < -0.3 is 9.47 Å². The summed E-state index contributed by atoms with van der Waals surface area (Å²) >= 11 is 16.1. The zero-order valence-corrected chi connectivity index (χ0v) is 23.9. The monoisotopic (exact) mass is 653 g/mol. The zero-order chi connectivity index (χ0) is 25.2. The van der Waals surface area contributed by atoms with Gasteiger partial charge in [0.15, 0.2) is 11.5 Å². The van der Waals surface area contributed by atoms with Crippen LogP contribution >= 0.6 is 57.1 Å². The first kappa shape index (κ1) is 25.5. The molecule has 0 spiro atoms. The van der Waals surface area contributed by atoms with E-state index >= 15 is 0 Å². The summed E-state index contributed by atoms with van der Waals surface area (Å²) in [4.78, 5) is 19.8. The number of ether oxygens (including phenoxy) is 2. The van der Waals surface area contributed by atoms with Gasteiger partial charge >= 0.3 is 0 Å². The molecule has 5 rings (SSSR count). The van der Waals surface area contributed by atoms with Crippen molar-refractivity contribution in [2.75, 3.05) is 6.61 Å². The van der Waals surface area contributed by atoms with Crippen molar-refractivity contribution >= 4 is 73.6 Å². The molecule has 0 radical (unpaired) electrons. The summed E-state index contributed by atoms with van der Waals surface area (Å²) in [6, 6.07) is 9.08. The van der Waals surface area contributed by atoms with Crippen LogP contribution in [0.5, 0.6) is 11.5 Å². The fourth-order valence-corrected chi connectivity index (χ4v) is 6.67. The number of thiophene rings is 1. The molecule has 0 amide bonds. The van der Waals surface area contributed by atoms with Gasteiger partial charge in [-0.3, -0.25) is 4.79 Å². The summed E-state index contributed by atoms with van der Waals surface area (Å²) < 4.78 is 14.1. The van der Waals surface area contributed by atoms with Crippen molar-refractivity contribution < 1.29 is 9.47 Å². The van der Waals surface area contributed by atoms with Gasteiger partial charge in [0.2, 0.25) is 0 Å². The minimum atomic E-state index is -0.129. The molecule has 186 valence electrons. The highest BCUT2D eigenvalue weighted by atomic mass is 127. The molecule has 0 unspecified atom stereocenters. The molecule has 10 heteroatoms. The van der Waals surface area contributed by atoms with Crippen LogP contribution in [0.3, 0.4) is 0 Å². The Morgan fingerprint density at radius 1 is 1.19 bits per heavy atom. The quantitative estimate of drug-likeness (QED) is 0.158. The fraction of sp³-hybridized carbons (Fsp3) is 0.269. The first-order valence-corrected chi connectivity index (χ1v) is 14.2. The highest BCUT2D eigenvalue weighted by Gasteiger charge is 2.20. The molecule has 2 aromatic carbocycles. The molecule has 36 heavy (non-hydrogen) atoms. The summed E-state index contributed by atoms with van der Waals surface area (Å²) in [6.45, 7) is 2.65. The first-order chi connectivity index (χ1) is 17.4. The van der Waals surface area contributed by atoms with Crippen LogP contribution in [-0.2, 0) is 19.4 Å². The third-order valence-corrected chi connectivity index (χ3v) is 8.50. The van der Waals surface area contributed by atoms with Crippen LogP contribution in [0.2, 0.25) is 10.0 Å². The molecule has 0 fully saturated rings. The molecule has 0 saturated carbocycles. The Morgan fingerprint density at radius 3 is 2.83 bits per heavy atom. The highest BCUT2D eigenvalue weighted by Crippen LogP contribution is 2.36. The number of aromatic nitrogens is 2. The van der Waals surface area contributed by atoms with Crippen molar-refractivity contribution in [3.8, 4) is 11.5 Å². The lowest BCUT2D eigenvalue weighted by molar-refractivity contribution is 0.267. The van der Waals surface area contributed by atoms with Gasteiger partial charge in [-0.1, -0.05) is 29.3 Å². The standard InChI is InChI=1S/C26H22Cl2IN3O3S/c1-2-34-21-10-15(9-20(29)24(21)35-13-16-7-8-17(27)11-19(16)28)12-31-32-14-30-25-23(26(32)33)18-5-3-4-6-22(18)36-25/h7-12,14H,2-6,13H2,1H3/b31-12-. The average Bonchev–Trinajstić information content (AvgIpc) is 3.24. The SMILES string of the molecule is CCOc1cc(/C=N\n2cnc3sc4c(c3c2=O)CCCC4)cc(I)c1OCc1ccc(Cl)cc1Cl. The molecule has 0 saturated heterocycles. The van der Waals surface area contributed by atoms with Crippen molar-refractivity contribution in [2.45, 2.75) is 39.2 Å². The largest absolute Gasteiger partial charge is 0.490 e. The second-order valence-electron chi connectivity index (χ2n) is 8.32. The molecule has 1 aliphatic rings. The van der Waals surface area contributed by atoms with Gasteiger partial charge in [0.05, 0.1) is 21.8 Å². The van der Waals surface area contributed by atoms with E-state index in [9.17, 15) is 4.79 Å². The van der Waals surface area contributed by atoms with E-state index in [1.54, 1.807) is 29.7 Å². The molecule has 1 aliphatic carbocycles. The third-order valence-electron chi connectivity index (χ3n) is 5.91. The van der Waals surface area contributed by atoms with Gasteiger partial charge in [-0.2, -0.15) is 9.78 Å². The molecule has 0 aliphatic heterocycles. The van der Waals surface area contributed by atoms with Crippen molar-refractivity contribution in [3.05, 3.63) is 82.2 Å². The number of rotatable bonds is 7. The van der Waals surface area contributed by atoms with Crippen molar-refractivity contribution in [1.29, 1.82) is 0 Å². The Labute approximate surface area is 236 Å². The molecule has 0 atom stereocenters. The van der Waals surface area contributed by atoms with Crippen LogP contribution in [-0.4, -0.2) is 22.5 Å². The maximum atomic E-state index is 13.2. The van der Waals surface area contributed by atoms with Gasteiger partial charge in [0.25, 0.3) is 5.56 Å². The molecule has 6 nitrogen and oxygen atoms in total. The normalized spacial score (nSPS) is 13.3. The lowest BCUT2D eigenvalue weighted by Crippen LogP contribution is -2.18. The molecule has 2 heterocycles. The number of aryl methyl sites for hydroxylation is 2. The van der Waals surface area contributed by atoms with E-state index < -0.39 is 0 Å². The van der Waals surface area contributed by atoms with Crippen LogP contribution in [0.4, 0.5) is 0 Å². The minimum Gasteiger partial charge on any atom is -0.490 e. The molecule has 4 aromatic rings. The summed E-state index contributed by atoms with van der Waals surface area (Å²) in [7, 11) is 0. The number of halogens is 3. The summed E-state index contributed by atoms with van der Waals surface area (Å²) in [5, 5.41) is 6.26. The summed E-state index contributed by atoms with van der Waals surface area (Å²) in [6.07, 6.45) is 7.35. The first-order valence-electron chi connectivity index (χ1n) is 11.5. The topological polar surface area (TPSA) is 65.7 Å². The van der Waals surface area contributed by atoms with Crippen LogP contribution in [0, 0.1) is 3.57 Å². The highest BCUT2D eigenvalue weighted by molar-refractivity contribution is 14.1. The van der Waals surface area contributed by atoms with E-state index in [-0.39, 0.29) is 12.2 Å². The van der Waals surface area contributed by atoms with E-state index in [1.165, 1.54) is 22.3 Å². The van der Waals surface area contributed by atoms with Gasteiger partial charge in [-0.25, -0.2) is 4.98 Å². The predicted molar refractivity (Wildman–Crippen MR) is 155 cm³/mol.